The number of aliphatic hydroxyl groups is 1. The van der Waals surface area contributed by atoms with E-state index in [0.717, 1.165) is 25.0 Å². The van der Waals surface area contributed by atoms with E-state index in [1.54, 1.807) is 4.90 Å². The van der Waals surface area contributed by atoms with Gasteiger partial charge in [0.1, 0.15) is 0 Å². The molecule has 0 aromatic heterocycles. The first-order chi connectivity index (χ1) is 9.90. The lowest BCUT2D eigenvalue weighted by Crippen LogP contribution is -2.40. The van der Waals surface area contributed by atoms with Gasteiger partial charge in [-0.3, -0.25) is 4.79 Å². The smallest absolute Gasteiger partial charge is 0.396 e. The van der Waals surface area contributed by atoms with Crippen LogP contribution < -0.4 is 0 Å². The summed E-state index contributed by atoms with van der Waals surface area (Å²) in [6.07, 6.45) is -2.93. The van der Waals surface area contributed by atoms with Gasteiger partial charge in [0.2, 0.25) is 5.91 Å². The second-order valence-corrected chi connectivity index (χ2v) is 5.38. The van der Waals surface area contributed by atoms with Crippen LogP contribution in [-0.2, 0) is 17.4 Å². The van der Waals surface area contributed by atoms with Gasteiger partial charge in [0.25, 0.3) is 0 Å². The number of alkyl halides is 3. The number of rotatable bonds is 3. The molecule has 1 N–H and O–H groups in total. The highest BCUT2D eigenvalue weighted by molar-refractivity contribution is 5.78. The summed E-state index contributed by atoms with van der Waals surface area (Å²) < 4.78 is 37.9. The third-order valence-corrected chi connectivity index (χ3v) is 3.84. The lowest BCUT2D eigenvalue weighted by atomic mass is 9.97. The number of piperidine rings is 1. The molecule has 0 unspecified atom stereocenters. The maximum atomic E-state index is 12.6. The minimum atomic E-state index is -4.39. The van der Waals surface area contributed by atoms with Gasteiger partial charge < -0.3 is 10.0 Å². The number of likely N-dealkylation sites (tertiary alicyclic amines) is 1. The van der Waals surface area contributed by atoms with E-state index in [9.17, 15) is 18.0 Å². The first-order valence-corrected chi connectivity index (χ1v) is 6.95. The predicted molar refractivity (Wildman–Crippen MR) is 71.5 cm³/mol. The molecule has 21 heavy (non-hydrogen) atoms. The van der Waals surface area contributed by atoms with Crippen LogP contribution in [0.15, 0.2) is 24.3 Å². The van der Waals surface area contributed by atoms with Gasteiger partial charge in [0.05, 0.1) is 12.0 Å². The fourth-order valence-corrected chi connectivity index (χ4v) is 2.51. The van der Waals surface area contributed by atoms with Crippen LogP contribution in [0.5, 0.6) is 0 Å². The maximum absolute atomic E-state index is 12.6. The molecule has 0 aliphatic carbocycles. The topological polar surface area (TPSA) is 40.5 Å². The highest BCUT2D eigenvalue weighted by Crippen LogP contribution is 2.29. The van der Waals surface area contributed by atoms with Crippen LogP contribution in [0.2, 0.25) is 0 Å². The Hall–Kier alpha value is -1.56. The van der Waals surface area contributed by atoms with Gasteiger partial charge in [0.15, 0.2) is 0 Å². The fraction of sp³-hybridized carbons (Fsp3) is 0.533. The molecule has 0 saturated carbocycles. The quantitative estimate of drug-likeness (QED) is 0.932. The Morgan fingerprint density at radius 3 is 2.52 bits per heavy atom. The van der Waals surface area contributed by atoms with Crippen molar-refractivity contribution in [3.05, 3.63) is 35.4 Å². The lowest BCUT2D eigenvalue weighted by molar-refractivity contribution is -0.138. The summed E-state index contributed by atoms with van der Waals surface area (Å²) in [4.78, 5) is 13.8. The molecule has 3 nitrogen and oxygen atoms in total. The SMILES string of the molecule is O=C(Cc1cccc(C(F)(F)F)c1)N1CCC(CO)CC1. The number of aliphatic hydroxyl groups excluding tert-OH is 1. The summed E-state index contributed by atoms with van der Waals surface area (Å²) >= 11 is 0. The molecule has 0 spiro atoms. The molecule has 2 rings (SSSR count). The Morgan fingerprint density at radius 1 is 1.29 bits per heavy atom. The van der Waals surface area contributed by atoms with Crippen LogP contribution in [0, 0.1) is 5.92 Å². The second-order valence-electron chi connectivity index (χ2n) is 5.38. The Bertz CT molecular complexity index is 494. The van der Waals surface area contributed by atoms with Gasteiger partial charge in [-0.25, -0.2) is 0 Å². The Morgan fingerprint density at radius 2 is 1.95 bits per heavy atom. The van der Waals surface area contributed by atoms with Gasteiger partial charge in [0, 0.05) is 19.7 Å². The Labute approximate surface area is 121 Å². The van der Waals surface area contributed by atoms with Crippen molar-refractivity contribution in [2.24, 2.45) is 5.92 Å². The number of halogens is 3. The fourth-order valence-electron chi connectivity index (χ4n) is 2.51. The van der Waals surface area contributed by atoms with Crippen molar-refractivity contribution in [3.8, 4) is 0 Å². The van der Waals surface area contributed by atoms with Crippen molar-refractivity contribution in [1.82, 2.24) is 4.90 Å². The summed E-state index contributed by atoms with van der Waals surface area (Å²) in [5, 5.41) is 9.05. The molecule has 1 aromatic rings. The molecule has 1 fully saturated rings. The summed E-state index contributed by atoms with van der Waals surface area (Å²) in [5.74, 6) is 0.0633. The molecule has 1 aliphatic rings. The number of benzene rings is 1. The van der Waals surface area contributed by atoms with Crippen LogP contribution in [0.1, 0.15) is 24.0 Å². The van der Waals surface area contributed by atoms with Crippen LogP contribution in [0.25, 0.3) is 0 Å². The predicted octanol–water partition coefficient (Wildman–Crippen LogP) is 2.48. The zero-order chi connectivity index (χ0) is 15.5. The van der Waals surface area contributed by atoms with Gasteiger partial charge in [-0.15, -0.1) is 0 Å². The van der Waals surface area contributed by atoms with Crippen molar-refractivity contribution >= 4 is 5.91 Å². The number of amides is 1. The summed E-state index contributed by atoms with van der Waals surface area (Å²) in [6, 6.07) is 4.89. The molecule has 6 heteroatoms. The zero-order valence-electron chi connectivity index (χ0n) is 11.6. The number of hydrogen-bond donors (Lipinski definition) is 1. The molecule has 1 aromatic carbocycles. The van der Waals surface area contributed by atoms with Crippen molar-refractivity contribution in [2.45, 2.75) is 25.4 Å². The van der Waals surface area contributed by atoms with Crippen LogP contribution >= 0.6 is 0 Å². The first kappa shape index (κ1) is 15.8. The van der Waals surface area contributed by atoms with E-state index in [-0.39, 0.29) is 24.9 Å². The van der Waals surface area contributed by atoms with E-state index in [1.807, 2.05) is 0 Å². The normalized spacial score (nSPS) is 17.0. The van der Waals surface area contributed by atoms with Crippen molar-refractivity contribution in [1.29, 1.82) is 0 Å². The van der Waals surface area contributed by atoms with E-state index < -0.39 is 11.7 Å². The van der Waals surface area contributed by atoms with Crippen molar-refractivity contribution in [3.63, 3.8) is 0 Å². The molecule has 1 aliphatic heterocycles. The average molecular weight is 301 g/mol. The van der Waals surface area contributed by atoms with E-state index in [4.69, 9.17) is 5.11 Å². The minimum absolute atomic E-state index is 0.0201. The molecule has 0 atom stereocenters. The molecule has 0 radical (unpaired) electrons. The van der Waals surface area contributed by atoms with Crippen LogP contribution in [0.4, 0.5) is 13.2 Å². The first-order valence-electron chi connectivity index (χ1n) is 6.95. The van der Waals surface area contributed by atoms with E-state index >= 15 is 0 Å². The highest BCUT2D eigenvalue weighted by Gasteiger charge is 2.30. The molecule has 116 valence electrons. The number of nitrogens with zero attached hydrogens (tertiary/aromatic N) is 1. The summed E-state index contributed by atoms with van der Waals surface area (Å²) in [6.45, 7) is 1.24. The molecule has 1 amide bonds. The molecule has 0 bridgehead atoms. The van der Waals surface area contributed by atoms with E-state index in [1.165, 1.54) is 12.1 Å². The van der Waals surface area contributed by atoms with Gasteiger partial charge >= 0.3 is 6.18 Å². The lowest BCUT2D eigenvalue weighted by Gasteiger charge is -2.31. The third kappa shape index (κ3) is 4.20. The Balaban J connectivity index is 1.97. The van der Waals surface area contributed by atoms with Crippen LogP contribution in [0.3, 0.4) is 0 Å². The monoisotopic (exact) mass is 301 g/mol. The molecular weight excluding hydrogens is 283 g/mol. The van der Waals surface area contributed by atoms with Crippen molar-refractivity contribution < 1.29 is 23.1 Å². The van der Waals surface area contributed by atoms with E-state index in [0.29, 0.717) is 18.7 Å². The van der Waals surface area contributed by atoms with Crippen LogP contribution in [-0.4, -0.2) is 35.6 Å². The largest absolute Gasteiger partial charge is 0.416 e. The Kier molecular flexibility index (Phi) is 4.88. The summed E-state index contributed by atoms with van der Waals surface area (Å²) in [7, 11) is 0. The van der Waals surface area contributed by atoms with Gasteiger partial charge in [-0.2, -0.15) is 13.2 Å². The molecule has 1 saturated heterocycles. The molecular formula is C15H18F3NO2. The summed E-state index contributed by atoms with van der Waals surface area (Å²) in [5.41, 5.74) is -0.356. The number of carbonyl (C=O) groups is 1. The average Bonchev–Trinajstić information content (AvgIpc) is 2.47. The van der Waals surface area contributed by atoms with Crippen molar-refractivity contribution in [2.75, 3.05) is 19.7 Å². The second kappa shape index (κ2) is 6.47. The minimum Gasteiger partial charge on any atom is -0.396 e. The maximum Gasteiger partial charge on any atom is 0.416 e. The number of carbonyl (C=O) groups excluding carboxylic acids is 1. The van der Waals surface area contributed by atoms with Gasteiger partial charge in [-0.05, 0) is 30.4 Å². The number of hydrogen-bond acceptors (Lipinski definition) is 2. The highest BCUT2D eigenvalue weighted by atomic mass is 19.4. The zero-order valence-corrected chi connectivity index (χ0v) is 11.6. The third-order valence-electron chi connectivity index (χ3n) is 3.84. The standard InChI is InChI=1S/C15H18F3NO2/c16-15(17,18)13-3-1-2-12(8-13)9-14(21)19-6-4-11(10-20)5-7-19/h1-3,8,11,20H,4-7,9-10H2. The van der Waals surface area contributed by atoms with E-state index in [2.05, 4.69) is 0 Å². The van der Waals surface area contributed by atoms with Gasteiger partial charge in [-0.1, -0.05) is 18.2 Å². The molecule has 1 heterocycles.